The first-order valence-electron chi connectivity index (χ1n) is 6.68. The smallest absolute Gasteiger partial charge is 0.255 e. The van der Waals surface area contributed by atoms with Gasteiger partial charge in [0.25, 0.3) is 5.91 Å². The van der Waals surface area contributed by atoms with Crippen molar-refractivity contribution in [3.8, 4) is 11.8 Å². The van der Waals surface area contributed by atoms with E-state index in [-0.39, 0.29) is 5.91 Å². The first-order chi connectivity index (χ1) is 10.2. The van der Waals surface area contributed by atoms with Gasteiger partial charge < -0.3 is 9.64 Å². The van der Waals surface area contributed by atoms with Gasteiger partial charge in [-0.25, -0.2) is 0 Å². The third-order valence-corrected chi connectivity index (χ3v) is 3.63. The molecule has 0 radical (unpaired) electrons. The quantitative estimate of drug-likeness (QED) is 0.867. The molecule has 1 unspecified atom stereocenters. The van der Waals surface area contributed by atoms with Gasteiger partial charge in [0.15, 0.2) is 0 Å². The summed E-state index contributed by atoms with van der Waals surface area (Å²) in [6.45, 7) is 0.459. The molecule has 0 N–H and O–H groups in total. The van der Waals surface area contributed by atoms with Crippen LogP contribution in [0.3, 0.4) is 0 Å². The van der Waals surface area contributed by atoms with Crippen LogP contribution in [0.15, 0.2) is 48.5 Å². The van der Waals surface area contributed by atoms with E-state index in [2.05, 4.69) is 6.07 Å². The van der Waals surface area contributed by atoms with Crippen LogP contribution in [0, 0.1) is 11.3 Å². The molecule has 0 bridgehead atoms. The maximum Gasteiger partial charge on any atom is 0.255 e. The second-order valence-corrected chi connectivity index (χ2v) is 4.97. The van der Waals surface area contributed by atoms with E-state index in [0.717, 1.165) is 11.1 Å². The lowest BCUT2D eigenvalue weighted by Crippen LogP contribution is -2.21. The zero-order chi connectivity index (χ0) is 14.8. The number of hydrogen-bond donors (Lipinski definition) is 0. The molecule has 1 aliphatic heterocycles. The Morgan fingerprint density at radius 3 is 2.71 bits per heavy atom. The normalized spacial score (nSPS) is 16.5. The fraction of sp³-hybridized carbons (Fsp3) is 0.176. The zero-order valence-corrected chi connectivity index (χ0v) is 11.6. The lowest BCUT2D eigenvalue weighted by atomic mass is 10.1. The van der Waals surface area contributed by atoms with E-state index in [1.54, 1.807) is 25.2 Å². The van der Waals surface area contributed by atoms with Gasteiger partial charge in [-0.15, -0.1) is 0 Å². The highest BCUT2D eigenvalue weighted by Gasteiger charge is 2.34. The van der Waals surface area contributed by atoms with Crippen LogP contribution in [0.5, 0.6) is 5.75 Å². The maximum atomic E-state index is 12.0. The molecule has 1 atom stereocenters. The number of carbonyl (C=O) groups is 1. The van der Waals surface area contributed by atoms with Gasteiger partial charge in [-0.3, -0.25) is 4.79 Å². The summed E-state index contributed by atoms with van der Waals surface area (Å²) in [6, 6.07) is 16.8. The number of rotatable bonds is 3. The predicted molar refractivity (Wildman–Crippen MR) is 77.7 cm³/mol. The number of hydrogen-bond acceptors (Lipinski definition) is 3. The largest absolute Gasteiger partial charge is 0.489 e. The molecule has 2 aromatic rings. The van der Waals surface area contributed by atoms with Crippen molar-refractivity contribution in [2.45, 2.75) is 12.6 Å². The number of amides is 1. The van der Waals surface area contributed by atoms with Gasteiger partial charge in [0.1, 0.15) is 18.4 Å². The number of benzene rings is 2. The summed E-state index contributed by atoms with van der Waals surface area (Å²) >= 11 is 0. The van der Waals surface area contributed by atoms with Gasteiger partial charge in [-0.05, 0) is 23.8 Å². The highest BCUT2D eigenvalue weighted by atomic mass is 16.5. The molecule has 0 aromatic heterocycles. The van der Waals surface area contributed by atoms with Gasteiger partial charge in [0, 0.05) is 18.2 Å². The molecule has 1 heterocycles. The topological polar surface area (TPSA) is 53.3 Å². The number of nitrogens with zero attached hydrogens (tertiary/aromatic N) is 2. The van der Waals surface area contributed by atoms with Crippen molar-refractivity contribution in [1.29, 1.82) is 5.26 Å². The van der Waals surface area contributed by atoms with Gasteiger partial charge >= 0.3 is 0 Å². The van der Waals surface area contributed by atoms with Crippen LogP contribution in [0.4, 0.5) is 0 Å². The Bertz CT molecular complexity index is 719. The molecule has 3 rings (SSSR count). The SMILES string of the molecule is CN1C(=O)c2ccc(OCc3ccccc3)cc2C1C#N. The minimum atomic E-state index is -0.534. The second-order valence-electron chi connectivity index (χ2n) is 4.97. The fourth-order valence-electron chi connectivity index (χ4n) is 2.46. The van der Waals surface area contributed by atoms with Crippen LogP contribution >= 0.6 is 0 Å². The Morgan fingerprint density at radius 2 is 2.00 bits per heavy atom. The van der Waals surface area contributed by atoms with Gasteiger partial charge in [0.05, 0.1) is 6.07 Å². The van der Waals surface area contributed by atoms with E-state index in [1.165, 1.54) is 4.90 Å². The molecule has 0 spiro atoms. The molecule has 0 saturated carbocycles. The summed E-state index contributed by atoms with van der Waals surface area (Å²) in [5.41, 5.74) is 2.37. The lowest BCUT2D eigenvalue weighted by molar-refractivity contribution is 0.0800. The number of fused-ring (bicyclic) bond motifs is 1. The fourth-order valence-corrected chi connectivity index (χ4v) is 2.46. The Balaban J connectivity index is 1.83. The average molecular weight is 278 g/mol. The molecule has 4 heteroatoms. The van der Waals surface area contributed by atoms with Crippen molar-refractivity contribution >= 4 is 5.91 Å². The van der Waals surface area contributed by atoms with Crippen molar-refractivity contribution in [3.05, 3.63) is 65.2 Å². The van der Waals surface area contributed by atoms with Gasteiger partial charge in [0.2, 0.25) is 0 Å². The van der Waals surface area contributed by atoms with E-state index in [1.807, 2.05) is 30.3 Å². The van der Waals surface area contributed by atoms with Crippen LogP contribution < -0.4 is 4.74 Å². The van der Waals surface area contributed by atoms with Crippen molar-refractivity contribution < 1.29 is 9.53 Å². The van der Waals surface area contributed by atoms with Crippen LogP contribution in [0.2, 0.25) is 0 Å². The van der Waals surface area contributed by atoms with Crippen molar-refractivity contribution in [1.82, 2.24) is 4.90 Å². The summed E-state index contributed by atoms with van der Waals surface area (Å²) in [4.78, 5) is 13.4. The van der Waals surface area contributed by atoms with Crippen molar-refractivity contribution in [2.75, 3.05) is 7.05 Å². The molecule has 0 fully saturated rings. The molecule has 0 saturated heterocycles. The minimum Gasteiger partial charge on any atom is -0.489 e. The summed E-state index contributed by atoms with van der Waals surface area (Å²) in [5.74, 6) is 0.548. The Labute approximate surface area is 123 Å². The third-order valence-electron chi connectivity index (χ3n) is 3.63. The average Bonchev–Trinajstić information content (AvgIpc) is 2.77. The van der Waals surface area contributed by atoms with Gasteiger partial charge in [-0.1, -0.05) is 30.3 Å². The van der Waals surface area contributed by atoms with Gasteiger partial charge in [-0.2, -0.15) is 5.26 Å². The van der Waals surface area contributed by atoms with Crippen LogP contribution in [0.1, 0.15) is 27.5 Å². The Kier molecular flexibility index (Phi) is 3.33. The number of ether oxygens (including phenoxy) is 1. The molecule has 1 amide bonds. The Hall–Kier alpha value is -2.80. The first-order valence-corrected chi connectivity index (χ1v) is 6.68. The van der Waals surface area contributed by atoms with E-state index < -0.39 is 6.04 Å². The molecular formula is C17H14N2O2. The molecule has 0 aliphatic carbocycles. The molecule has 104 valence electrons. The standard InChI is InChI=1S/C17H14N2O2/c1-19-16(10-18)15-9-13(7-8-14(15)17(19)20)21-11-12-5-3-2-4-6-12/h2-9,16H,11H2,1H3. The van der Waals surface area contributed by atoms with Crippen LogP contribution in [-0.4, -0.2) is 17.9 Å². The van der Waals surface area contributed by atoms with Crippen molar-refractivity contribution in [3.63, 3.8) is 0 Å². The van der Waals surface area contributed by atoms with Crippen LogP contribution in [-0.2, 0) is 6.61 Å². The molecule has 2 aromatic carbocycles. The molecule has 4 nitrogen and oxygen atoms in total. The van der Waals surface area contributed by atoms with Crippen LogP contribution in [0.25, 0.3) is 0 Å². The maximum absolute atomic E-state index is 12.0. The highest BCUT2D eigenvalue weighted by molar-refractivity contribution is 5.99. The summed E-state index contributed by atoms with van der Waals surface area (Å²) in [5, 5.41) is 9.22. The number of carbonyl (C=O) groups excluding carboxylic acids is 1. The Morgan fingerprint density at radius 1 is 1.24 bits per heavy atom. The number of nitriles is 1. The third kappa shape index (κ3) is 2.34. The lowest BCUT2D eigenvalue weighted by Gasteiger charge is -2.12. The molecular weight excluding hydrogens is 264 g/mol. The van der Waals surface area contributed by atoms with E-state index >= 15 is 0 Å². The van der Waals surface area contributed by atoms with Crippen molar-refractivity contribution in [2.24, 2.45) is 0 Å². The highest BCUT2D eigenvalue weighted by Crippen LogP contribution is 2.34. The summed E-state index contributed by atoms with van der Waals surface area (Å²) < 4.78 is 5.74. The second kappa shape index (κ2) is 5.29. The molecule has 21 heavy (non-hydrogen) atoms. The van der Waals surface area contributed by atoms with E-state index in [9.17, 15) is 10.1 Å². The van der Waals surface area contributed by atoms with E-state index in [0.29, 0.717) is 17.9 Å². The summed E-state index contributed by atoms with van der Waals surface area (Å²) in [6.07, 6.45) is 0. The zero-order valence-electron chi connectivity index (χ0n) is 11.6. The van der Waals surface area contributed by atoms with E-state index in [4.69, 9.17) is 4.74 Å². The first kappa shape index (κ1) is 13.2. The monoisotopic (exact) mass is 278 g/mol. The minimum absolute atomic E-state index is 0.119. The predicted octanol–water partition coefficient (Wildman–Crippen LogP) is 2.92. The molecule has 1 aliphatic rings. The summed E-state index contributed by atoms with van der Waals surface area (Å²) in [7, 11) is 1.64.